The molecule has 0 saturated carbocycles. The topological polar surface area (TPSA) is 27.5 Å². The molecule has 3 aliphatic heterocycles. The predicted octanol–water partition coefficient (Wildman–Crippen LogP) is 12.1. The Labute approximate surface area is 338 Å². The van der Waals surface area contributed by atoms with Gasteiger partial charge in [0.05, 0.1) is 17.4 Å². The van der Waals surface area contributed by atoms with E-state index in [9.17, 15) is 0 Å². The first-order valence-electron chi connectivity index (χ1n) is 21.1. The first kappa shape index (κ1) is 40.6. The highest BCUT2D eigenvalue weighted by Gasteiger charge is 2.21. The van der Waals surface area contributed by atoms with Crippen molar-refractivity contribution < 1.29 is 0 Å². The molecule has 5 aromatic carbocycles. The van der Waals surface area contributed by atoms with Gasteiger partial charge in [0.2, 0.25) is 0 Å². The van der Waals surface area contributed by atoms with E-state index in [1.165, 1.54) is 82.7 Å². The van der Waals surface area contributed by atoms with Crippen molar-refractivity contribution in [1.82, 2.24) is 9.55 Å². The van der Waals surface area contributed by atoms with Gasteiger partial charge in [-0.1, -0.05) is 91.0 Å². The van der Waals surface area contributed by atoms with Crippen molar-refractivity contribution in [3.8, 4) is 0 Å². The zero-order chi connectivity index (χ0) is 39.6. The first-order valence-corrected chi connectivity index (χ1v) is 21.1. The van der Waals surface area contributed by atoms with Crippen LogP contribution < -0.4 is 14.7 Å². The van der Waals surface area contributed by atoms with E-state index in [0.29, 0.717) is 24.2 Å². The van der Waals surface area contributed by atoms with E-state index in [-0.39, 0.29) is 0 Å². The molecule has 0 radical (unpaired) electrons. The van der Waals surface area contributed by atoms with Gasteiger partial charge in [-0.3, -0.25) is 0 Å². The Morgan fingerprint density at radius 1 is 0.411 bits per heavy atom. The zero-order valence-corrected chi connectivity index (χ0v) is 35.3. The van der Waals surface area contributed by atoms with Crippen LogP contribution in [0.1, 0.15) is 95.7 Å². The molecule has 4 heterocycles. The molecule has 1 aromatic heterocycles. The van der Waals surface area contributed by atoms with Crippen LogP contribution in [-0.4, -0.2) is 40.8 Å². The highest BCUT2D eigenvalue weighted by Crippen LogP contribution is 2.31. The number of benzene rings is 5. The molecule has 9 rings (SSSR count). The van der Waals surface area contributed by atoms with Gasteiger partial charge in [-0.2, -0.15) is 0 Å². The third-order valence-corrected chi connectivity index (χ3v) is 11.4. The Kier molecular flexibility index (Phi) is 13.9. The van der Waals surface area contributed by atoms with Crippen molar-refractivity contribution in [3.05, 3.63) is 155 Å². The summed E-state index contributed by atoms with van der Waals surface area (Å²) < 4.78 is 2.18. The molecule has 0 saturated heterocycles. The van der Waals surface area contributed by atoms with Gasteiger partial charge in [-0.25, -0.2) is 4.98 Å². The second-order valence-corrected chi connectivity index (χ2v) is 16.5. The van der Waals surface area contributed by atoms with Crippen LogP contribution in [0.5, 0.6) is 0 Å². The third kappa shape index (κ3) is 9.85. The summed E-state index contributed by atoms with van der Waals surface area (Å²) in [7, 11) is 0. The van der Waals surface area contributed by atoms with Gasteiger partial charge in [0.1, 0.15) is 0 Å². The van der Waals surface area contributed by atoms with Crippen molar-refractivity contribution in [2.45, 2.75) is 118 Å². The van der Waals surface area contributed by atoms with Crippen LogP contribution in [0.4, 0.5) is 17.1 Å². The van der Waals surface area contributed by atoms with Crippen LogP contribution in [0.2, 0.25) is 0 Å². The van der Waals surface area contributed by atoms with E-state index in [1.807, 2.05) is 24.5 Å². The average Bonchev–Trinajstić information content (AvgIpc) is 3.85. The average molecular weight is 748 g/mol. The van der Waals surface area contributed by atoms with Crippen LogP contribution in [0.25, 0.3) is 11.0 Å². The highest BCUT2D eigenvalue weighted by atomic mass is 15.2. The summed E-state index contributed by atoms with van der Waals surface area (Å²) in [6.07, 6.45) is 7.95. The van der Waals surface area contributed by atoms with Gasteiger partial charge in [0, 0.05) is 60.9 Å². The molecule has 0 amide bonds. The van der Waals surface area contributed by atoms with Crippen molar-refractivity contribution in [2.75, 3.05) is 27.8 Å². The Balaban J connectivity index is 0.000000129. The van der Waals surface area contributed by atoms with E-state index < -0.39 is 0 Å². The van der Waals surface area contributed by atoms with Crippen molar-refractivity contribution >= 4 is 28.1 Å². The zero-order valence-electron chi connectivity index (χ0n) is 35.3. The molecular weight excluding hydrogens is 683 g/mol. The summed E-state index contributed by atoms with van der Waals surface area (Å²) in [4.78, 5) is 11.8. The molecule has 0 fully saturated rings. The van der Waals surface area contributed by atoms with Crippen LogP contribution >= 0.6 is 0 Å². The monoisotopic (exact) mass is 748 g/mol. The quantitative estimate of drug-likeness (QED) is 0.179. The Morgan fingerprint density at radius 3 is 1.45 bits per heavy atom. The molecule has 0 spiro atoms. The van der Waals surface area contributed by atoms with E-state index in [4.69, 9.17) is 0 Å². The minimum Gasteiger partial charge on any atom is -0.369 e. The number of para-hydroxylation sites is 5. The fourth-order valence-electron chi connectivity index (χ4n) is 8.35. The van der Waals surface area contributed by atoms with Gasteiger partial charge in [-0.15, -0.1) is 0 Å². The summed E-state index contributed by atoms with van der Waals surface area (Å²) in [6.45, 7) is 21.3. The van der Waals surface area contributed by atoms with Crippen LogP contribution in [0, 0.1) is 0 Å². The lowest BCUT2D eigenvalue weighted by Crippen LogP contribution is -2.35. The van der Waals surface area contributed by atoms with Gasteiger partial charge in [-0.05, 0) is 146 Å². The Bertz CT molecular complexity index is 2120. The highest BCUT2D eigenvalue weighted by molar-refractivity contribution is 5.75. The lowest BCUT2D eigenvalue weighted by atomic mass is 9.95. The molecule has 0 aliphatic carbocycles. The number of aromatic nitrogens is 2. The van der Waals surface area contributed by atoms with Crippen LogP contribution in [0.3, 0.4) is 0 Å². The molecular formula is C51H65N5. The standard InChI is InChI=1S/C18H21N.C12H17N.C11H15N.C10H12N2/c1-14(2)19-13-17-9-4-3-7-15(17)11-12-16-8-5-6-10-18(16)19;1-10(2)13-9-5-7-11-6-3-4-8-12(11)13;1-9(2)12-8-7-10-5-3-4-6-11(10)12;1-8(2)12-7-11-9-5-3-4-6-10(9)12/h3-10,14H,11-13H2,1-2H3;3-4,6,8,10H,5,7,9H2,1-2H3;3-6,9H,7-8H2,1-2H3;3-8H,1-2H3. The lowest BCUT2D eigenvalue weighted by Gasteiger charge is -2.34. The third-order valence-electron chi connectivity index (χ3n) is 11.4. The molecule has 6 aromatic rings. The molecule has 0 bridgehead atoms. The maximum atomic E-state index is 4.30. The van der Waals surface area contributed by atoms with Crippen LogP contribution in [-0.2, 0) is 32.2 Å². The fourth-order valence-corrected chi connectivity index (χ4v) is 8.35. The van der Waals surface area contributed by atoms with Gasteiger partial charge < -0.3 is 19.3 Å². The molecule has 0 unspecified atom stereocenters. The first-order chi connectivity index (χ1) is 27.1. The minimum absolute atomic E-state index is 0.484. The normalized spacial score (nSPS) is 14.4. The molecule has 0 atom stereocenters. The minimum atomic E-state index is 0.484. The van der Waals surface area contributed by atoms with Gasteiger partial charge >= 0.3 is 0 Å². The number of nitrogens with zero attached hydrogens (tertiary/aromatic N) is 5. The van der Waals surface area contributed by atoms with Crippen LogP contribution in [0.15, 0.2) is 128 Å². The Morgan fingerprint density at radius 2 is 0.857 bits per heavy atom. The smallest absolute Gasteiger partial charge is 0.0960 e. The SMILES string of the molecule is CC(C)N1CCCc2ccccc21.CC(C)N1CCc2ccccc21.CC(C)N1Cc2ccccc2CCc2ccccc21.CC(C)n1cnc2ccccc21. The Hall–Kier alpha value is -5.03. The molecule has 294 valence electrons. The van der Waals surface area contributed by atoms with Crippen molar-refractivity contribution in [1.29, 1.82) is 0 Å². The number of fused-ring (bicyclic) bond motifs is 5. The number of anilines is 3. The van der Waals surface area contributed by atoms with E-state index in [0.717, 1.165) is 24.9 Å². The van der Waals surface area contributed by atoms with E-state index in [1.54, 1.807) is 0 Å². The lowest BCUT2D eigenvalue weighted by molar-refractivity contribution is 0.617. The fraction of sp³-hybridized carbons (Fsp3) is 0.392. The van der Waals surface area contributed by atoms with E-state index in [2.05, 4.69) is 183 Å². The van der Waals surface area contributed by atoms with Crippen molar-refractivity contribution in [2.24, 2.45) is 0 Å². The van der Waals surface area contributed by atoms with Gasteiger partial charge in [0.15, 0.2) is 0 Å². The van der Waals surface area contributed by atoms with E-state index >= 15 is 0 Å². The number of imidazole rings is 1. The molecule has 0 N–H and O–H groups in total. The molecule has 5 nitrogen and oxygen atoms in total. The predicted molar refractivity (Wildman–Crippen MR) is 242 cm³/mol. The maximum Gasteiger partial charge on any atom is 0.0960 e. The summed E-state index contributed by atoms with van der Waals surface area (Å²) in [5.74, 6) is 0. The maximum absolute atomic E-state index is 4.30. The second-order valence-electron chi connectivity index (χ2n) is 16.5. The number of rotatable bonds is 4. The summed E-state index contributed by atoms with van der Waals surface area (Å²) >= 11 is 0. The summed E-state index contributed by atoms with van der Waals surface area (Å²) in [5.41, 5.74) is 14.1. The molecule has 5 heteroatoms. The van der Waals surface area contributed by atoms with Gasteiger partial charge in [0.25, 0.3) is 0 Å². The number of aryl methyl sites for hydroxylation is 3. The largest absolute Gasteiger partial charge is 0.369 e. The molecule has 3 aliphatic rings. The summed E-state index contributed by atoms with van der Waals surface area (Å²) in [5, 5.41) is 0. The number of hydrogen-bond acceptors (Lipinski definition) is 4. The molecule has 56 heavy (non-hydrogen) atoms. The summed E-state index contributed by atoms with van der Waals surface area (Å²) in [6, 6.07) is 45.7. The number of hydrogen-bond donors (Lipinski definition) is 0. The van der Waals surface area contributed by atoms with Crippen molar-refractivity contribution in [3.63, 3.8) is 0 Å². The second kappa shape index (κ2) is 19.2.